The van der Waals surface area contributed by atoms with E-state index in [0.717, 1.165) is 25.7 Å². The summed E-state index contributed by atoms with van der Waals surface area (Å²) < 4.78 is 34.0. The van der Waals surface area contributed by atoms with Crippen molar-refractivity contribution in [1.29, 1.82) is 0 Å². The minimum Gasteiger partial charge on any atom is -0.394 e. The molecule has 0 aliphatic heterocycles. The molecule has 0 heterocycles. The minimum absolute atomic E-state index is 0.145. The molecule has 0 aromatic heterocycles. The number of rotatable bonds is 41. The van der Waals surface area contributed by atoms with E-state index in [9.17, 15) is 14.6 Å². The van der Waals surface area contributed by atoms with E-state index in [2.05, 4.69) is 26.0 Å². The van der Waals surface area contributed by atoms with Crippen LogP contribution in [-0.2, 0) is 23.1 Å². The number of hydrogen-bond donors (Lipinski definition) is 3. The molecule has 0 saturated carbocycles. The fourth-order valence-corrected chi connectivity index (χ4v) is 6.59. The van der Waals surface area contributed by atoms with E-state index >= 15 is 0 Å². The number of phosphoric ester groups is 1. The summed E-state index contributed by atoms with van der Waals surface area (Å²) in [6.45, 7) is 4.79. The molecule has 0 fully saturated rings. The average molecular weight is 721 g/mol. The zero-order valence-corrected chi connectivity index (χ0v) is 33.1. The van der Waals surface area contributed by atoms with Gasteiger partial charge >= 0.3 is 7.82 Å². The van der Waals surface area contributed by atoms with Crippen LogP contribution in [0.25, 0.3) is 0 Å². The van der Waals surface area contributed by atoms with Crippen LogP contribution in [0.2, 0.25) is 0 Å². The lowest BCUT2D eigenvalue weighted by Gasteiger charge is -2.20. The molecule has 0 spiro atoms. The maximum Gasteiger partial charge on any atom is 0.472 e. The fraction of sp³-hybridized carbons (Fsp3) is 0.950. The molecule has 0 aliphatic carbocycles. The first-order chi connectivity index (χ1) is 23.9. The molecule has 0 aromatic carbocycles. The van der Waals surface area contributed by atoms with Gasteiger partial charge in [0.15, 0.2) is 0 Å². The van der Waals surface area contributed by atoms with Gasteiger partial charge in [0.2, 0.25) is 0 Å². The zero-order chi connectivity index (χ0) is 35.9. The standard InChI is InChI=1S/C40H81O8P/c1-3-5-7-9-11-13-15-17-19-20-22-24-26-28-30-32-34-46-40(38-48-49(43,44)47-36-39(42)35-41)37-45-33-31-29-27-25-23-21-18-16-14-12-10-8-6-4-2/h17,19,39-42H,3-16,18,20-38H2,1-2H3,(H,43,44)/b19-17-/t39?,40-/m1/s1. The first kappa shape index (κ1) is 48.7. The second-order valence-electron chi connectivity index (χ2n) is 14.0. The molecule has 0 amide bonds. The number of aliphatic hydroxyl groups is 2. The van der Waals surface area contributed by atoms with Gasteiger partial charge in [0.05, 0.1) is 26.4 Å². The van der Waals surface area contributed by atoms with Gasteiger partial charge in [-0.25, -0.2) is 4.57 Å². The number of phosphoric acid groups is 1. The van der Waals surface area contributed by atoms with E-state index in [4.69, 9.17) is 23.6 Å². The topological polar surface area (TPSA) is 115 Å². The highest BCUT2D eigenvalue weighted by atomic mass is 31.2. The maximum atomic E-state index is 12.2. The normalized spacial score (nSPS) is 14.5. The van der Waals surface area contributed by atoms with Crippen molar-refractivity contribution in [1.82, 2.24) is 0 Å². The summed E-state index contributed by atoms with van der Waals surface area (Å²) in [5.74, 6) is 0. The smallest absolute Gasteiger partial charge is 0.394 e. The van der Waals surface area contributed by atoms with Crippen LogP contribution in [0.4, 0.5) is 0 Å². The number of hydrogen-bond acceptors (Lipinski definition) is 7. The second-order valence-corrected chi connectivity index (χ2v) is 15.5. The van der Waals surface area contributed by atoms with E-state index in [1.54, 1.807) is 0 Å². The molecule has 0 aromatic rings. The van der Waals surface area contributed by atoms with E-state index in [0.29, 0.717) is 13.2 Å². The summed E-state index contributed by atoms with van der Waals surface area (Å²) in [5.41, 5.74) is 0. The number of unbranched alkanes of at least 4 members (excludes halogenated alkanes) is 25. The molecule has 0 radical (unpaired) electrons. The van der Waals surface area contributed by atoms with Crippen molar-refractivity contribution < 1.29 is 38.2 Å². The molecule has 294 valence electrons. The van der Waals surface area contributed by atoms with Gasteiger partial charge < -0.3 is 24.6 Å². The Morgan fingerprint density at radius 2 is 0.918 bits per heavy atom. The lowest BCUT2D eigenvalue weighted by Crippen LogP contribution is -2.27. The average Bonchev–Trinajstić information content (AvgIpc) is 3.10. The monoisotopic (exact) mass is 721 g/mol. The molecule has 3 atom stereocenters. The van der Waals surface area contributed by atoms with Crippen LogP contribution < -0.4 is 0 Å². The lowest BCUT2D eigenvalue weighted by atomic mass is 10.0. The molecule has 0 saturated heterocycles. The second kappa shape index (κ2) is 38.9. The van der Waals surface area contributed by atoms with Gasteiger partial charge in [-0.15, -0.1) is 0 Å². The van der Waals surface area contributed by atoms with Gasteiger partial charge in [0, 0.05) is 13.2 Å². The molecular formula is C40H81O8P. The third kappa shape index (κ3) is 38.7. The van der Waals surface area contributed by atoms with Crippen molar-refractivity contribution in [2.45, 2.75) is 206 Å². The Hall–Kier alpha value is -0.310. The Morgan fingerprint density at radius 1 is 0.531 bits per heavy atom. The Bertz CT molecular complexity index is 722. The summed E-state index contributed by atoms with van der Waals surface area (Å²) in [4.78, 5) is 9.96. The van der Waals surface area contributed by atoms with Gasteiger partial charge in [-0.2, -0.15) is 0 Å². The summed E-state index contributed by atoms with van der Waals surface area (Å²) in [5, 5.41) is 18.3. The number of aliphatic hydroxyl groups excluding tert-OH is 2. The molecular weight excluding hydrogens is 639 g/mol. The molecule has 0 aliphatic rings. The van der Waals surface area contributed by atoms with Crippen LogP contribution in [0.1, 0.15) is 194 Å². The quantitative estimate of drug-likeness (QED) is 0.0325. The summed E-state index contributed by atoms with van der Waals surface area (Å²) in [6.07, 6.45) is 38.8. The van der Waals surface area contributed by atoms with Crippen molar-refractivity contribution in [2.75, 3.05) is 39.6 Å². The first-order valence-electron chi connectivity index (χ1n) is 20.7. The largest absolute Gasteiger partial charge is 0.472 e. The minimum atomic E-state index is -4.38. The predicted octanol–water partition coefficient (Wildman–Crippen LogP) is 11.4. The predicted molar refractivity (Wildman–Crippen MR) is 205 cm³/mol. The van der Waals surface area contributed by atoms with Crippen LogP contribution in [-0.4, -0.2) is 67.0 Å². The molecule has 2 unspecified atom stereocenters. The summed E-state index contributed by atoms with van der Waals surface area (Å²) >= 11 is 0. The SMILES string of the molecule is CCCCCCCC/C=C\CCCCCCCCO[C@H](COCCCCCCCCCCCCCCCC)COP(=O)(O)OCC(O)CO. The van der Waals surface area contributed by atoms with Crippen LogP contribution in [0.15, 0.2) is 12.2 Å². The first-order valence-corrected chi connectivity index (χ1v) is 22.2. The molecule has 8 nitrogen and oxygen atoms in total. The Kier molecular flexibility index (Phi) is 38.7. The summed E-state index contributed by atoms with van der Waals surface area (Å²) in [7, 11) is -4.38. The van der Waals surface area contributed by atoms with Crippen molar-refractivity contribution in [3.8, 4) is 0 Å². The molecule has 0 bridgehead atoms. The fourth-order valence-electron chi connectivity index (χ4n) is 5.80. The van der Waals surface area contributed by atoms with Gasteiger partial charge in [-0.1, -0.05) is 167 Å². The third-order valence-corrected chi connectivity index (χ3v) is 9.97. The highest BCUT2D eigenvalue weighted by Gasteiger charge is 2.25. The van der Waals surface area contributed by atoms with E-state index in [-0.39, 0.29) is 13.2 Å². The highest BCUT2D eigenvalue weighted by molar-refractivity contribution is 7.47. The van der Waals surface area contributed by atoms with Gasteiger partial charge in [0.1, 0.15) is 12.2 Å². The Balaban J connectivity index is 4.05. The van der Waals surface area contributed by atoms with Crippen LogP contribution >= 0.6 is 7.82 Å². The van der Waals surface area contributed by atoms with Crippen LogP contribution in [0, 0.1) is 0 Å². The molecule has 9 heteroatoms. The lowest BCUT2D eigenvalue weighted by molar-refractivity contribution is -0.0462. The Morgan fingerprint density at radius 3 is 1.37 bits per heavy atom. The molecule has 3 N–H and O–H groups in total. The Labute approximate surface area is 303 Å². The van der Waals surface area contributed by atoms with Crippen molar-refractivity contribution in [3.63, 3.8) is 0 Å². The summed E-state index contributed by atoms with van der Waals surface area (Å²) in [6, 6.07) is 0. The number of allylic oxidation sites excluding steroid dienone is 2. The molecule has 0 rings (SSSR count). The van der Waals surface area contributed by atoms with Crippen LogP contribution in [0.3, 0.4) is 0 Å². The number of ether oxygens (including phenoxy) is 2. The maximum absolute atomic E-state index is 12.2. The van der Waals surface area contributed by atoms with Crippen LogP contribution in [0.5, 0.6) is 0 Å². The van der Waals surface area contributed by atoms with Gasteiger partial charge in [-0.05, 0) is 38.5 Å². The molecule has 49 heavy (non-hydrogen) atoms. The van der Waals surface area contributed by atoms with E-state index in [1.807, 2.05) is 0 Å². The third-order valence-electron chi connectivity index (χ3n) is 9.02. The zero-order valence-electron chi connectivity index (χ0n) is 32.2. The van der Waals surface area contributed by atoms with Crippen molar-refractivity contribution >= 4 is 7.82 Å². The van der Waals surface area contributed by atoms with E-state index in [1.165, 1.54) is 154 Å². The van der Waals surface area contributed by atoms with Gasteiger partial charge in [-0.3, -0.25) is 9.05 Å². The van der Waals surface area contributed by atoms with Crippen molar-refractivity contribution in [2.24, 2.45) is 0 Å². The van der Waals surface area contributed by atoms with Gasteiger partial charge in [0.25, 0.3) is 0 Å². The van der Waals surface area contributed by atoms with E-state index < -0.39 is 33.2 Å². The van der Waals surface area contributed by atoms with Crippen molar-refractivity contribution in [3.05, 3.63) is 12.2 Å². The highest BCUT2D eigenvalue weighted by Crippen LogP contribution is 2.43.